The summed E-state index contributed by atoms with van der Waals surface area (Å²) < 4.78 is 6.16. The molecule has 0 aromatic heterocycles. The molecule has 98 valence electrons. The van der Waals surface area contributed by atoms with Crippen molar-refractivity contribution >= 4 is 0 Å². The van der Waals surface area contributed by atoms with E-state index in [9.17, 15) is 0 Å². The lowest BCUT2D eigenvalue weighted by molar-refractivity contribution is -0.0793. The van der Waals surface area contributed by atoms with Crippen LogP contribution in [0.2, 0.25) is 0 Å². The van der Waals surface area contributed by atoms with Gasteiger partial charge in [0.25, 0.3) is 0 Å². The second kappa shape index (κ2) is 6.01. The van der Waals surface area contributed by atoms with Gasteiger partial charge in [0, 0.05) is 12.5 Å². The van der Waals surface area contributed by atoms with Crippen molar-refractivity contribution in [2.75, 3.05) is 19.6 Å². The van der Waals surface area contributed by atoms with Crippen molar-refractivity contribution in [1.29, 1.82) is 0 Å². The zero-order chi connectivity index (χ0) is 12.3. The highest BCUT2D eigenvalue weighted by Crippen LogP contribution is 2.30. The Bertz CT molecular complexity index is 258. The predicted octanol–water partition coefficient (Wildman–Crippen LogP) is 3.23. The average molecular weight is 237 g/mol. The SMILES string of the molecule is C=C(C)C1CCC(C)OC1CN1CCCCC1. The number of hydrogen-bond donors (Lipinski definition) is 0. The zero-order valence-electron chi connectivity index (χ0n) is 11.5. The van der Waals surface area contributed by atoms with Gasteiger partial charge in [-0.05, 0) is 52.6 Å². The molecule has 2 fully saturated rings. The lowest BCUT2D eigenvalue weighted by Gasteiger charge is -2.39. The van der Waals surface area contributed by atoms with Crippen LogP contribution in [0.1, 0.15) is 46.0 Å². The van der Waals surface area contributed by atoms with Crippen LogP contribution in [-0.4, -0.2) is 36.7 Å². The summed E-state index contributed by atoms with van der Waals surface area (Å²) in [5, 5.41) is 0. The first kappa shape index (κ1) is 13.1. The first-order valence-corrected chi connectivity index (χ1v) is 7.20. The molecule has 0 aromatic rings. The topological polar surface area (TPSA) is 12.5 Å². The van der Waals surface area contributed by atoms with Crippen LogP contribution in [0.25, 0.3) is 0 Å². The van der Waals surface area contributed by atoms with Crippen LogP contribution in [-0.2, 0) is 4.74 Å². The van der Waals surface area contributed by atoms with Gasteiger partial charge < -0.3 is 9.64 Å². The van der Waals surface area contributed by atoms with E-state index in [1.54, 1.807) is 0 Å². The molecule has 2 nitrogen and oxygen atoms in total. The summed E-state index contributed by atoms with van der Waals surface area (Å²) in [6, 6.07) is 0. The van der Waals surface area contributed by atoms with Crippen molar-refractivity contribution < 1.29 is 4.74 Å². The highest BCUT2D eigenvalue weighted by Gasteiger charge is 2.31. The molecule has 0 radical (unpaired) electrons. The number of piperidine rings is 1. The van der Waals surface area contributed by atoms with Gasteiger partial charge in [-0.25, -0.2) is 0 Å². The van der Waals surface area contributed by atoms with E-state index in [2.05, 4.69) is 25.3 Å². The van der Waals surface area contributed by atoms with E-state index in [4.69, 9.17) is 4.74 Å². The van der Waals surface area contributed by atoms with Crippen LogP contribution in [0.15, 0.2) is 12.2 Å². The summed E-state index contributed by atoms with van der Waals surface area (Å²) in [4.78, 5) is 2.59. The Morgan fingerprint density at radius 1 is 1.24 bits per heavy atom. The highest BCUT2D eigenvalue weighted by atomic mass is 16.5. The van der Waals surface area contributed by atoms with E-state index in [0.29, 0.717) is 18.1 Å². The minimum Gasteiger partial charge on any atom is -0.373 e. The second-order valence-corrected chi connectivity index (χ2v) is 5.88. The van der Waals surface area contributed by atoms with Crippen molar-refractivity contribution in [2.45, 2.75) is 58.2 Å². The molecule has 0 amide bonds. The number of nitrogens with zero attached hydrogens (tertiary/aromatic N) is 1. The third kappa shape index (κ3) is 3.56. The summed E-state index contributed by atoms with van der Waals surface area (Å²) >= 11 is 0. The van der Waals surface area contributed by atoms with E-state index >= 15 is 0 Å². The van der Waals surface area contributed by atoms with E-state index in [-0.39, 0.29) is 0 Å². The molecule has 0 spiro atoms. The lowest BCUT2D eigenvalue weighted by atomic mass is 9.86. The summed E-state index contributed by atoms with van der Waals surface area (Å²) in [5.74, 6) is 0.577. The fourth-order valence-corrected chi connectivity index (χ4v) is 3.19. The highest BCUT2D eigenvalue weighted by molar-refractivity contribution is 5.02. The maximum absolute atomic E-state index is 6.16. The third-order valence-electron chi connectivity index (χ3n) is 4.26. The number of rotatable bonds is 3. The smallest absolute Gasteiger partial charge is 0.0770 e. The Balaban J connectivity index is 1.92. The molecule has 3 unspecified atom stereocenters. The van der Waals surface area contributed by atoms with E-state index in [0.717, 1.165) is 6.54 Å². The quantitative estimate of drug-likeness (QED) is 0.699. The van der Waals surface area contributed by atoms with Crippen molar-refractivity contribution in [3.05, 3.63) is 12.2 Å². The predicted molar refractivity (Wildman–Crippen MR) is 72.2 cm³/mol. The van der Waals surface area contributed by atoms with Crippen LogP contribution in [0.4, 0.5) is 0 Å². The van der Waals surface area contributed by atoms with Crippen molar-refractivity contribution in [3.63, 3.8) is 0 Å². The molecular formula is C15H27NO. The third-order valence-corrected chi connectivity index (χ3v) is 4.26. The number of hydrogen-bond acceptors (Lipinski definition) is 2. The van der Waals surface area contributed by atoms with Crippen LogP contribution >= 0.6 is 0 Å². The first-order valence-electron chi connectivity index (χ1n) is 7.20. The summed E-state index contributed by atoms with van der Waals surface area (Å²) in [6.07, 6.45) is 7.39. The van der Waals surface area contributed by atoms with E-state index < -0.39 is 0 Å². The average Bonchev–Trinajstić information content (AvgIpc) is 2.30. The molecule has 17 heavy (non-hydrogen) atoms. The zero-order valence-corrected chi connectivity index (χ0v) is 11.5. The standard InChI is InChI=1S/C15H27NO/c1-12(2)14-8-7-13(3)17-15(14)11-16-9-5-4-6-10-16/h13-15H,1,4-11H2,2-3H3. The van der Waals surface area contributed by atoms with Crippen LogP contribution in [0, 0.1) is 5.92 Å². The number of ether oxygens (including phenoxy) is 1. The lowest BCUT2D eigenvalue weighted by Crippen LogP contribution is -2.44. The van der Waals surface area contributed by atoms with Crippen LogP contribution in [0.5, 0.6) is 0 Å². The molecule has 0 aliphatic carbocycles. The summed E-state index contributed by atoms with van der Waals surface area (Å²) in [7, 11) is 0. The molecule has 0 saturated carbocycles. The minimum absolute atomic E-state index is 0.384. The molecule has 2 rings (SSSR count). The van der Waals surface area contributed by atoms with Crippen LogP contribution < -0.4 is 0 Å². The Morgan fingerprint density at radius 3 is 2.59 bits per heavy atom. The van der Waals surface area contributed by atoms with Gasteiger partial charge in [-0.15, -0.1) is 0 Å². The molecule has 0 aromatic carbocycles. The van der Waals surface area contributed by atoms with Crippen molar-refractivity contribution in [1.82, 2.24) is 4.90 Å². The van der Waals surface area contributed by atoms with Gasteiger partial charge in [-0.3, -0.25) is 0 Å². The molecule has 2 aliphatic heterocycles. The Hall–Kier alpha value is -0.340. The van der Waals surface area contributed by atoms with Crippen molar-refractivity contribution in [3.8, 4) is 0 Å². The van der Waals surface area contributed by atoms with E-state index in [1.165, 1.54) is 50.8 Å². The van der Waals surface area contributed by atoms with Gasteiger partial charge in [0.1, 0.15) is 0 Å². The van der Waals surface area contributed by atoms with Gasteiger partial charge in [0.15, 0.2) is 0 Å². The molecule has 2 saturated heterocycles. The molecule has 3 atom stereocenters. The van der Waals surface area contributed by atoms with Crippen molar-refractivity contribution in [2.24, 2.45) is 5.92 Å². The van der Waals surface area contributed by atoms with Crippen LogP contribution in [0.3, 0.4) is 0 Å². The van der Waals surface area contributed by atoms with Gasteiger partial charge in [0.2, 0.25) is 0 Å². The Labute approximate surface area is 106 Å². The van der Waals surface area contributed by atoms with E-state index in [1.807, 2.05) is 0 Å². The maximum Gasteiger partial charge on any atom is 0.0770 e. The maximum atomic E-state index is 6.16. The van der Waals surface area contributed by atoms with Gasteiger partial charge in [-0.2, -0.15) is 0 Å². The molecular weight excluding hydrogens is 210 g/mol. The first-order chi connectivity index (χ1) is 8.16. The Kier molecular flexibility index (Phi) is 4.63. The van der Waals surface area contributed by atoms with Gasteiger partial charge >= 0.3 is 0 Å². The molecule has 0 N–H and O–H groups in total. The largest absolute Gasteiger partial charge is 0.373 e. The fraction of sp³-hybridized carbons (Fsp3) is 0.867. The van der Waals surface area contributed by atoms with Gasteiger partial charge in [0.05, 0.1) is 12.2 Å². The second-order valence-electron chi connectivity index (χ2n) is 5.88. The molecule has 2 heterocycles. The summed E-state index contributed by atoms with van der Waals surface area (Å²) in [5.41, 5.74) is 1.30. The molecule has 2 heteroatoms. The van der Waals surface area contributed by atoms with Gasteiger partial charge in [-0.1, -0.05) is 18.6 Å². The normalized spacial score (nSPS) is 35.8. The number of likely N-dealkylation sites (tertiary alicyclic amines) is 1. The fourth-order valence-electron chi connectivity index (χ4n) is 3.19. The summed E-state index contributed by atoms with van der Waals surface area (Å²) in [6.45, 7) is 12.1. The monoisotopic (exact) mass is 237 g/mol. The molecule has 2 aliphatic rings. The Morgan fingerprint density at radius 2 is 1.94 bits per heavy atom. The minimum atomic E-state index is 0.384. The molecule has 0 bridgehead atoms.